The third-order valence-electron chi connectivity index (χ3n) is 9.25. The van der Waals surface area contributed by atoms with Crippen molar-refractivity contribution in [1.82, 2.24) is 0 Å². The first-order valence-corrected chi connectivity index (χ1v) is 22.4. The number of allylic oxidation sites excluding steroid dienone is 8. The SMILES string of the molecule is CC1(C)C(/C=C/C=C(Cl)/C=C\C=C2/N(CCCCS(=O)(=O)[O-])c3ccc(S(=O)(=O)[O-])cc3C2(C)C)=[N+](CCCCS(=O)(=O)O)c2ccc(SOO[O-])cc21.[K+].[K+].[K+]. The van der Waals surface area contributed by atoms with Crippen LogP contribution in [0.4, 0.5) is 11.4 Å². The molecule has 296 valence electrons. The summed E-state index contributed by atoms with van der Waals surface area (Å²) < 4.78 is 107. The topological polar surface area (TPSA) is 217 Å². The van der Waals surface area contributed by atoms with Crippen LogP contribution in [0.25, 0.3) is 0 Å². The van der Waals surface area contributed by atoms with Gasteiger partial charge in [0.25, 0.3) is 10.1 Å². The van der Waals surface area contributed by atoms with Crippen molar-refractivity contribution in [2.45, 2.75) is 74.0 Å². The van der Waals surface area contributed by atoms with E-state index in [0.29, 0.717) is 47.1 Å². The van der Waals surface area contributed by atoms with Gasteiger partial charge in [0.15, 0.2) is 5.71 Å². The number of anilines is 1. The Kier molecular flexibility index (Phi) is 24.4. The van der Waals surface area contributed by atoms with Crippen LogP contribution in [0.15, 0.2) is 93.4 Å². The van der Waals surface area contributed by atoms with E-state index in [1.54, 1.807) is 42.5 Å². The van der Waals surface area contributed by atoms with Gasteiger partial charge in [-0.05, 0) is 87.2 Å². The van der Waals surface area contributed by atoms with Crippen molar-refractivity contribution in [3.63, 3.8) is 0 Å². The molecule has 14 nitrogen and oxygen atoms in total. The number of nitrogens with zero attached hydrogens (tertiary/aromatic N) is 2. The Balaban J connectivity index is 0.00000541. The predicted octanol–water partition coefficient (Wildman–Crippen LogP) is -3.88. The first-order chi connectivity index (χ1) is 25.1. The van der Waals surface area contributed by atoms with Crippen LogP contribution in [0.1, 0.15) is 64.5 Å². The molecule has 2 heterocycles. The van der Waals surface area contributed by atoms with E-state index in [0.717, 1.165) is 34.7 Å². The quantitative estimate of drug-likeness (QED) is 0.0221. The monoisotopic (exact) mass is 961 g/mol. The zero-order valence-corrected chi connectivity index (χ0v) is 46.3. The fraction of sp³-hybridized carbons (Fsp3) is 0.400. The Bertz CT molecular complexity index is 2240. The summed E-state index contributed by atoms with van der Waals surface area (Å²) >= 11 is 7.38. The van der Waals surface area contributed by atoms with Crippen molar-refractivity contribution in [2.75, 3.05) is 29.5 Å². The summed E-state index contributed by atoms with van der Waals surface area (Å²) in [7, 11) is -13.2. The van der Waals surface area contributed by atoms with E-state index in [1.165, 1.54) is 12.1 Å². The minimum Gasteiger partial charge on any atom is -0.748 e. The maximum Gasteiger partial charge on any atom is 1.00 e. The third kappa shape index (κ3) is 16.2. The Morgan fingerprint density at radius 3 is 2.18 bits per heavy atom. The van der Waals surface area contributed by atoms with Gasteiger partial charge in [0.2, 0.25) is 5.69 Å². The van der Waals surface area contributed by atoms with E-state index >= 15 is 0 Å². The molecule has 0 fully saturated rings. The molecule has 1 N–H and O–H groups in total. The summed E-state index contributed by atoms with van der Waals surface area (Å²) in [5.41, 5.74) is 3.35. The average Bonchev–Trinajstić information content (AvgIpc) is 3.40. The van der Waals surface area contributed by atoms with E-state index in [1.807, 2.05) is 50.8 Å². The molecule has 0 aliphatic carbocycles. The van der Waals surface area contributed by atoms with Gasteiger partial charge in [0.1, 0.15) is 16.7 Å². The fourth-order valence-electron chi connectivity index (χ4n) is 6.67. The first-order valence-electron chi connectivity index (χ1n) is 16.7. The van der Waals surface area contributed by atoms with E-state index in [4.69, 9.17) is 11.6 Å². The van der Waals surface area contributed by atoms with E-state index in [-0.39, 0.29) is 178 Å². The van der Waals surface area contributed by atoms with Gasteiger partial charge >= 0.3 is 154 Å². The molecule has 0 saturated heterocycles. The molecule has 0 aromatic heterocycles. The number of unbranched alkanes of at least 4 members (excludes halogenated alkanes) is 2. The zero-order chi connectivity index (χ0) is 40.1. The molecule has 57 heavy (non-hydrogen) atoms. The second-order valence-corrected chi connectivity index (χ2v) is 19.4. The van der Waals surface area contributed by atoms with Crippen LogP contribution in [0.3, 0.4) is 0 Å². The van der Waals surface area contributed by atoms with Gasteiger partial charge in [-0.25, -0.2) is 16.8 Å². The summed E-state index contributed by atoms with van der Waals surface area (Å²) in [6, 6.07) is 9.63. The van der Waals surface area contributed by atoms with Crippen LogP contribution >= 0.6 is 23.6 Å². The number of halogens is 1. The Hall–Kier alpha value is 2.03. The largest absolute Gasteiger partial charge is 1.00 e. The molecule has 0 unspecified atom stereocenters. The molecule has 0 spiro atoms. The summed E-state index contributed by atoms with van der Waals surface area (Å²) in [6.45, 7) is 8.55. The van der Waals surface area contributed by atoms with Crippen LogP contribution < -0.4 is 164 Å². The molecule has 0 saturated carbocycles. The van der Waals surface area contributed by atoms with E-state index in [9.17, 15) is 44.2 Å². The molecule has 0 amide bonds. The van der Waals surface area contributed by atoms with Gasteiger partial charge in [0, 0.05) is 63.2 Å². The van der Waals surface area contributed by atoms with Gasteiger partial charge in [-0.2, -0.15) is 17.3 Å². The number of fused-ring (bicyclic) bond motifs is 2. The normalized spacial score (nSPS) is 17.1. The zero-order valence-electron chi connectivity index (χ0n) is 32.9. The average molecular weight is 963 g/mol. The summed E-state index contributed by atoms with van der Waals surface area (Å²) in [5.74, 6) is -0.875. The molecule has 2 aromatic rings. The second kappa shape index (κ2) is 24.4. The predicted molar refractivity (Wildman–Crippen MR) is 202 cm³/mol. The third-order valence-corrected chi connectivity index (χ3v) is 12.5. The first kappa shape index (κ1) is 57.0. The number of benzene rings is 2. The van der Waals surface area contributed by atoms with E-state index in [2.05, 4.69) is 13.9 Å². The maximum atomic E-state index is 11.8. The number of rotatable bonds is 18. The summed E-state index contributed by atoms with van der Waals surface area (Å²) in [6.07, 6.45) is 11.7. The molecule has 2 aliphatic heterocycles. The van der Waals surface area contributed by atoms with Gasteiger partial charge in [-0.3, -0.25) is 9.59 Å². The van der Waals surface area contributed by atoms with Gasteiger partial charge in [-0.15, -0.1) is 0 Å². The minimum absolute atomic E-state index is 0. The van der Waals surface area contributed by atoms with Crippen molar-refractivity contribution < 1.29 is 212 Å². The van der Waals surface area contributed by atoms with Crippen LogP contribution in [-0.2, 0) is 50.6 Å². The van der Waals surface area contributed by atoms with Gasteiger partial charge < -0.3 is 19.3 Å². The van der Waals surface area contributed by atoms with Gasteiger partial charge in [-0.1, -0.05) is 37.6 Å². The van der Waals surface area contributed by atoms with Crippen LogP contribution in [0.5, 0.6) is 0 Å². The number of hydrogen-bond donors (Lipinski definition) is 1. The molecular weight excluding hydrogens is 921 g/mol. The summed E-state index contributed by atoms with van der Waals surface area (Å²) in [5, 5.41) is 14.2. The van der Waals surface area contributed by atoms with E-state index < -0.39 is 46.9 Å². The molecule has 22 heteroatoms. The van der Waals surface area contributed by atoms with Crippen LogP contribution in [-0.4, -0.2) is 73.8 Å². The van der Waals surface area contributed by atoms with Crippen molar-refractivity contribution in [1.29, 1.82) is 0 Å². The van der Waals surface area contributed by atoms with Crippen molar-refractivity contribution in [2.24, 2.45) is 0 Å². The van der Waals surface area contributed by atoms with Crippen molar-refractivity contribution in [3.8, 4) is 0 Å². The number of hydrogen-bond acceptors (Lipinski definition) is 13. The molecular formula is C35H41ClK3N2O12S4+. The Morgan fingerprint density at radius 1 is 0.895 bits per heavy atom. The van der Waals surface area contributed by atoms with Crippen molar-refractivity contribution in [3.05, 3.63) is 94.7 Å². The fourth-order valence-corrected chi connectivity index (χ4v) is 8.84. The van der Waals surface area contributed by atoms with Crippen LogP contribution in [0.2, 0.25) is 0 Å². The Labute approximate surface area is 472 Å². The maximum absolute atomic E-state index is 11.8. The standard InChI is InChI=1S/C35H43ClN2O12S4.3K/c1-34(2)28-23-26(51-50-49-39)15-17-30(28)37(19-5-7-21-52(40,41)42)32(34)13-9-11-25(36)12-10-14-33-35(3,4)29-24-27(54(46,47)48)16-18-31(29)38(33)20-6-8-22-53(43,44)45;;;/h9-18,23-24H,5-8,19-22H2,1-4H3,(H3-,39,40,41,42,43,44,45,46,47,48);;;/q;3*+1/p-2. The van der Waals surface area contributed by atoms with Crippen LogP contribution in [0, 0.1) is 0 Å². The second-order valence-electron chi connectivity index (χ2n) is 13.8. The Morgan fingerprint density at radius 2 is 1.56 bits per heavy atom. The summed E-state index contributed by atoms with van der Waals surface area (Å²) in [4.78, 5) is 2.17. The van der Waals surface area contributed by atoms with Gasteiger partial charge in [0.05, 0.1) is 38.2 Å². The van der Waals surface area contributed by atoms with Crippen molar-refractivity contribution >= 4 is 71.1 Å². The molecule has 0 radical (unpaired) electrons. The minimum atomic E-state index is -4.72. The molecule has 0 atom stereocenters. The molecule has 2 aromatic carbocycles. The smallest absolute Gasteiger partial charge is 0.748 e. The molecule has 0 bridgehead atoms. The molecule has 2 aliphatic rings. The molecule has 4 rings (SSSR count).